The van der Waals surface area contributed by atoms with Crippen LogP contribution in [0.3, 0.4) is 0 Å². The lowest BCUT2D eigenvalue weighted by Crippen LogP contribution is -1.98. The highest BCUT2D eigenvalue weighted by Crippen LogP contribution is 2.26. The van der Waals surface area contributed by atoms with Gasteiger partial charge in [-0.25, -0.2) is 14.2 Å². The van der Waals surface area contributed by atoms with Crippen LogP contribution in [0.25, 0.3) is 10.6 Å². The van der Waals surface area contributed by atoms with Gasteiger partial charge in [0.15, 0.2) is 0 Å². The predicted octanol–water partition coefficient (Wildman–Crippen LogP) is 2.13. The van der Waals surface area contributed by atoms with Crippen LogP contribution in [0.1, 0.15) is 9.80 Å². The van der Waals surface area contributed by atoms with Crippen molar-refractivity contribution in [2.75, 3.05) is 7.11 Å². The molecule has 0 unspecified atom stereocenters. The molecule has 2 heterocycles. The maximum absolute atomic E-state index is 13.4. The van der Waals surface area contributed by atoms with Gasteiger partial charge in [0.25, 0.3) is 0 Å². The van der Waals surface area contributed by atoms with E-state index in [1.165, 1.54) is 31.6 Å². The first-order chi connectivity index (χ1) is 7.72. The minimum absolute atomic E-state index is 0.183. The number of carbonyl (C=O) groups is 1. The van der Waals surface area contributed by atoms with Crippen LogP contribution < -0.4 is 0 Å². The topological polar surface area (TPSA) is 52.1 Å². The second-order valence-corrected chi connectivity index (χ2v) is 3.89. The van der Waals surface area contributed by atoms with Crippen molar-refractivity contribution < 1.29 is 13.9 Å². The fraction of sp³-hybridized carbons (Fsp3) is 0.100. The number of rotatable bonds is 2. The Kier molecular flexibility index (Phi) is 2.91. The van der Waals surface area contributed by atoms with Crippen LogP contribution in [0.5, 0.6) is 0 Å². The Morgan fingerprint density at radius 1 is 1.50 bits per heavy atom. The third-order valence-corrected chi connectivity index (χ3v) is 2.84. The van der Waals surface area contributed by atoms with Gasteiger partial charge >= 0.3 is 5.97 Å². The van der Waals surface area contributed by atoms with Crippen LogP contribution in [0, 0.1) is 5.82 Å². The monoisotopic (exact) mass is 238 g/mol. The number of nitrogens with zero attached hydrogens (tertiary/aromatic N) is 2. The molecule has 0 amide bonds. The van der Waals surface area contributed by atoms with Crippen LogP contribution in [0.2, 0.25) is 0 Å². The molecule has 0 N–H and O–H groups in total. The summed E-state index contributed by atoms with van der Waals surface area (Å²) < 4.78 is 17.9. The first-order valence-corrected chi connectivity index (χ1v) is 5.19. The van der Waals surface area contributed by atoms with E-state index in [0.29, 0.717) is 4.88 Å². The number of ether oxygens (including phenoxy) is 1. The van der Waals surface area contributed by atoms with Crippen molar-refractivity contribution in [3.63, 3.8) is 0 Å². The minimum atomic E-state index is -0.535. The number of thiazole rings is 1. The molecule has 4 nitrogen and oxygen atoms in total. The number of methoxy groups -OCH3 is 1. The van der Waals surface area contributed by atoms with Gasteiger partial charge in [-0.15, -0.1) is 11.3 Å². The molecular formula is C10H7FN2O2S. The van der Waals surface area contributed by atoms with Crippen molar-refractivity contribution in [2.45, 2.75) is 0 Å². The molecule has 0 bridgehead atoms. The molecule has 0 spiro atoms. The number of aromatic nitrogens is 2. The average Bonchev–Trinajstić information content (AvgIpc) is 2.78. The Labute approximate surface area is 94.7 Å². The summed E-state index contributed by atoms with van der Waals surface area (Å²) in [5, 5.41) is 0.183. The van der Waals surface area contributed by atoms with Gasteiger partial charge in [-0.1, -0.05) is 0 Å². The molecule has 0 aromatic carbocycles. The molecule has 0 saturated carbocycles. The van der Waals surface area contributed by atoms with Crippen LogP contribution in [0.4, 0.5) is 4.39 Å². The summed E-state index contributed by atoms with van der Waals surface area (Å²) in [6.45, 7) is 0. The number of hydrogen-bond acceptors (Lipinski definition) is 5. The van der Waals surface area contributed by atoms with Crippen LogP contribution in [-0.2, 0) is 4.74 Å². The molecule has 6 heteroatoms. The van der Waals surface area contributed by atoms with E-state index in [2.05, 4.69) is 14.7 Å². The standard InChI is InChI=1S/C10H7FN2O2S/c1-15-10(14)9-13-5-7(16-9)8-6(11)3-2-4-12-8/h2-5H,1H3. The van der Waals surface area contributed by atoms with E-state index in [0.717, 1.165) is 11.3 Å². The molecule has 2 aromatic heterocycles. The van der Waals surface area contributed by atoms with E-state index >= 15 is 0 Å². The second kappa shape index (κ2) is 4.36. The summed E-state index contributed by atoms with van der Waals surface area (Å²) in [5.74, 6) is -0.977. The quantitative estimate of drug-likeness (QED) is 0.752. The second-order valence-electron chi connectivity index (χ2n) is 2.86. The van der Waals surface area contributed by atoms with Crippen molar-refractivity contribution in [1.82, 2.24) is 9.97 Å². The molecule has 0 radical (unpaired) electrons. The van der Waals surface area contributed by atoms with E-state index in [1.54, 1.807) is 0 Å². The number of hydrogen-bond donors (Lipinski definition) is 0. The van der Waals surface area contributed by atoms with E-state index in [9.17, 15) is 9.18 Å². The predicted molar refractivity (Wildman–Crippen MR) is 56.6 cm³/mol. The van der Waals surface area contributed by atoms with Crippen molar-refractivity contribution in [3.05, 3.63) is 35.4 Å². The van der Waals surface area contributed by atoms with Gasteiger partial charge in [0, 0.05) is 12.4 Å². The number of halogens is 1. The number of carbonyl (C=O) groups excluding carboxylic acids is 1. The zero-order valence-corrected chi connectivity index (χ0v) is 9.12. The first kappa shape index (κ1) is 10.7. The molecule has 16 heavy (non-hydrogen) atoms. The molecular weight excluding hydrogens is 231 g/mol. The van der Waals surface area contributed by atoms with Gasteiger partial charge in [-0.3, -0.25) is 4.98 Å². The lowest BCUT2D eigenvalue weighted by Gasteiger charge is -1.96. The Morgan fingerprint density at radius 2 is 2.31 bits per heavy atom. The Hall–Kier alpha value is -1.82. The van der Waals surface area contributed by atoms with Crippen molar-refractivity contribution in [1.29, 1.82) is 0 Å². The fourth-order valence-corrected chi connectivity index (χ4v) is 1.96. The van der Waals surface area contributed by atoms with Gasteiger partial charge in [0.2, 0.25) is 5.01 Å². The highest BCUT2D eigenvalue weighted by atomic mass is 32.1. The number of pyridine rings is 1. The van der Waals surface area contributed by atoms with Gasteiger partial charge in [0.05, 0.1) is 12.0 Å². The number of esters is 1. The summed E-state index contributed by atoms with van der Waals surface area (Å²) in [7, 11) is 1.27. The molecule has 0 aliphatic carbocycles. The van der Waals surface area contributed by atoms with Gasteiger partial charge in [-0.05, 0) is 12.1 Å². The maximum Gasteiger partial charge on any atom is 0.367 e. The summed E-state index contributed by atoms with van der Waals surface area (Å²) in [6, 6.07) is 2.81. The molecule has 0 saturated heterocycles. The van der Waals surface area contributed by atoms with E-state index < -0.39 is 11.8 Å². The molecule has 0 aliphatic rings. The van der Waals surface area contributed by atoms with Crippen molar-refractivity contribution >= 4 is 17.3 Å². The Bertz CT molecular complexity index is 527. The van der Waals surface area contributed by atoms with Crippen LogP contribution >= 0.6 is 11.3 Å². The van der Waals surface area contributed by atoms with E-state index in [4.69, 9.17) is 0 Å². The minimum Gasteiger partial charge on any atom is -0.464 e. The summed E-state index contributed by atoms with van der Waals surface area (Å²) in [6.07, 6.45) is 2.89. The smallest absolute Gasteiger partial charge is 0.367 e. The lowest BCUT2D eigenvalue weighted by atomic mass is 10.3. The highest BCUT2D eigenvalue weighted by molar-refractivity contribution is 7.16. The first-order valence-electron chi connectivity index (χ1n) is 4.37. The highest BCUT2D eigenvalue weighted by Gasteiger charge is 2.14. The van der Waals surface area contributed by atoms with Crippen molar-refractivity contribution in [2.24, 2.45) is 0 Å². The zero-order valence-electron chi connectivity index (χ0n) is 8.31. The maximum atomic E-state index is 13.4. The van der Waals surface area contributed by atoms with Crippen LogP contribution in [0.15, 0.2) is 24.5 Å². The fourth-order valence-electron chi connectivity index (χ4n) is 1.13. The van der Waals surface area contributed by atoms with E-state index in [1.807, 2.05) is 0 Å². The van der Waals surface area contributed by atoms with Crippen molar-refractivity contribution in [3.8, 4) is 10.6 Å². The van der Waals surface area contributed by atoms with Crippen LogP contribution in [-0.4, -0.2) is 23.0 Å². The SMILES string of the molecule is COC(=O)c1ncc(-c2ncccc2F)s1. The molecule has 0 atom stereocenters. The lowest BCUT2D eigenvalue weighted by molar-refractivity contribution is 0.0600. The summed E-state index contributed by atoms with van der Waals surface area (Å²) in [5.41, 5.74) is 0.190. The van der Waals surface area contributed by atoms with Gasteiger partial charge in [0.1, 0.15) is 11.5 Å². The molecule has 82 valence electrons. The van der Waals surface area contributed by atoms with E-state index in [-0.39, 0.29) is 10.7 Å². The molecule has 2 rings (SSSR count). The Morgan fingerprint density at radius 3 is 3.00 bits per heavy atom. The molecule has 0 fully saturated rings. The Balaban J connectivity index is 2.39. The average molecular weight is 238 g/mol. The summed E-state index contributed by atoms with van der Waals surface area (Å²) in [4.78, 5) is 19.4. The normalized spacial score (nSPS) is 10.1. The largest absolute Gasteiger partial charge is 0.464 e. The third-order valence-electron chi connectivity index (χ3n) is 1.86. The molecule has 2 aromatic rings. The summed E-state index contributed by atoms with van der Waals surface area (Å²) >= 11 is 1.04. The zero-order chi connectivity index (χ0) is 11.5. The third kappa shape index (κ3) is 1.92. The van der Waals surface area contributed by atoms with Gasteiger partial charge < -0.3 is 4.74 Å². The van der Waals surface area contributed by atoms with Gasteiger partial charge in [-0.2, -0.15) is 0 Å². The molecule has 0 aliphatic heterocycles.